The lowest BCUT2D eigenvalue weighted by atomic mass is 10.1. The minimum Gasteiger partial charge on any atom is -0.496 e. The summed E-state index contributed by atoms with van der Waals surface area (Å²) in [6, 6.07) is 19.8. The molecule has 0 fully saturated rings. The minimum absolute atomic E-state index is 0.0640. The van der Waals surface area contributed by atoms with Crippen LogP contribution in [0, 0.1) is 0 Å². The molecule has 0 unspecified atom stereocenters. The van der Waals surface area contributed by atoms with Crippen LogP contribution in [0.1, 0.15) is 31.8 Å². The zero-order valence-corrected chi connectivity index (χ0v) is 20.3. The molecule has 0 saturated carbocycles. The number of para-hydroxylation sites is 1. The SMILES string of the molecule is C=N/C(=C\C(=NC)c1ccccc1OC)Nc1ccc(OC)c(CN2C(=O)c3ccccc3C2=O)c1. The van der Waals surface area contributed by atoms with E-state index < -0.39 is 0 Å². The number of rotatable bonds is 9. The first kappa shape index (κ1) is 24.4. The van der Waals surface area contributed by atoms with E-state index in [0.717, 1.165) is 5.56 Å². The van der Waals surface area contributed by atoms with Crippen molar-refractivity contribution in [3.8, 4) is 11.5 Å². The smallest absolute Gasteiger partial charge is 0.261 e. The summed E-state index contributed by atoms with van der Waals surface area (Å²) >= 11 is 0. The van der Waals surface area contributed by atoms with Gasteiger partial charge in [0.1, 0.15) is 17.3 Å². The van der Waals surface area contributed by atoms with Gasteiger partial charge in [0.05, 0.1) is 37.6 Å². The molecule has 2 amide bonds. The Kier molecular flexibility index (Phi) is 7.25. The van der Waals surface area contributed by atoms with Gasteiger partial charge in [-0.15, -0.1) is 0 Å². The number of methoxy groups -OCH3 is 2. The van der Waals surface area contributed by atoms with Crippen molar-refractivity contribution in [3.05, 3.63) is 101 Å². The Balaban J connectivity index is 1.61. The maximum absolute atomic E-state index is 12.9. The van der Waals surface area contributed by atoms with Crippen molar-refractivity contribution in [2.45, 2.75) is 6.54 Å². The minimum atomic E-state index is -0.329. The van der Waals surface area contributed by atoms with Crippen LogP contribution in [0.5, 0.6) is 11.5 Å². The fourth-order valence-electron chi connectivity index (χ4n) is 4.05. The molecular weight excluding hydrogens is 456 g/mol. The highest BCUT2D eigenvalue weighted by atomic mass is 16.5. The molecule has 182 valence electrons. The van der Waals surface area contributed by atoms with E-state index in [4.69, 9.17) is 9.47 Å². The molecular formula is C28H26N4O4. The fourth-order valence-corrected chi connectivity index (χ4v) is 4.05. The number of hydrogen-bond donors (Lipinski definition) is 1. The fraction of sp³-hybridized carbons (Fsp3) is 0.143. The zero-order valence-electron chi connectivity index (χ0n) is 20.3. The number of carbonyl (C=O) groups is 2. The number of benzene rings is 3. The van der Waals surface area contributed by atoms with Gasteiger partial charge in [0.15, 0.2) is 0 Å². The van der Waals surface area contributed by atoms with Gasteiger partial charge in [-0.3, -0.25) is 19.5 Å². The first-order valence-electron chi connectivity index (χ1n) is 11.2. The van der Waals surface area contributed by atoms with E-state index in [2.05, 4.69) is 22.0 Å². The van der Waals surface area contributed by atoms with Crippen LogP contribution < -0.4 is 14.8 Å². The average molecular weight is 483 g/mol. The molecule has 8 nitrogen and oxygen atoms in total. The van der Waals surface area contributed by atoms with Crippen molar-refractivity contribution >= 4 is 29.9 Å². The maximum atomic E-state index is 12.9. The summed E-state index contributed by atoms with van der Waals surface area (Å²) in [6.45, 7) is 3.74. The number of imide groups is 1. The number of allylic oxidation sites excluding steroid dienone is 1. The first-order chi connectivity index (χ1) is 17.5. The molecule has 0 radical (unpaired) electrons. The van der Waals surface area contributed by atoms with Crippen molar-refractivity contribution in [3.63, 3.8) is 0 Å². The van der Waals surface area contributed by atoms with E-state index in [0.29, 0.717) is 45.4 Å². The molecule has 36 heavy (non-hydrogen) atoms. The van der Waals surface area contributed by atoms with Crippen molar-refractivity contribution in [2.75, 3.05) is 26.6 Å². The average Bonchev–Trinajstić information content (AvgIpc) is 3.16. The van der Waals surface area contributed by atoms with Gasteiger partial charge in [0, 0.05) is 29.9 Å². The quantitative estimate of drug-likeness (QED) is 0.356. The van der Waals surface area contributed by atoms with Crippen LogP contribution in [0.25, 0.3) is 0 Å². The van der Waals surface area contributed by atoms with Crippen LogP contribution >= 0.6 is 0 Å². The van der Waals surface area contributed by atoms with Gasteiger partial charge in [-0.2, -0.15) is 0 Å². The highest BCUT2D eigenvalue weighted by Crippen LogP contribution is 2.30. The van der Waals surface area contributed by atoms with Crippen molar-refractivity contribution in [1.82, 2.24) is 4.90 Å². The van der Waals surface area contributed by atoms with Gasteiger partial charge in [-0.25, -0.2) is 4.99 Å². The van der Waals surface area contributed by atoms with Crippen LogP contribution in [0.15, 0.2) is 88.6 Å². The van der Waals surface area contributed by atoms with Gasteiger partial charge >= 0.3 is 0 Å². The predicted molar refractivity (Wildman–Crippen MR) is 140 cm³/mol. The molecule has 1 N–H and O–H groups in total. The highest BCUT2D eigenvalue weighted by Gasteiger charge is 2.35. The van der Waals surface area contributed by atoms with E-state index in [1.165, 1.54) is 4.90 Å². The monoisotopic (exact) mass is 482 g/mol. The molecule has 0 atom stereocenters. The molecule has 1 aliphatic rings. The van der Waals surface area contributed by atoms with Crippen LogP contribution in [0.4, 0.5) is 5.69 Å². The second kappa shape index (κ2) is 10.7. The summed E-state index contributed by atoms with van der Waals surface area (Å²) in [6.07, 6.45) is 1.76. The Morgan fingerprint density at radius 2 is 1.58 bits per heavy atom. The lowest BCUT2D eigenvalue weighted by Crippen LogP contribution is -2.29. The number of carbonyl (C=O) groups excluding carboxylic acids is 2. The summed E-state index contributed by atoms with van der Waals surface area (Å²) in [7, 11) is 4.84. The topological polar surface area (TPSA) is 92.6 Å². The van der Waals surface area contributed by atoms with Crippen LogP contribution in [-0.4, -0.2) is 50.4 Å². The van der Waals surface area contributed by atoms with E-state index in [1.807, 2.05) is 36.4 Å². The number of amides is 2. The van der Waals surface area contributed by atoms with Crippen LogP contribution in [-0.2, 0) is 6.54 Å². The Morgan fingerprint density at radius 1 is 0.944 bits per heavy atom. The molecule has 1 aliphatic heterocycles. The van der Waals surface area contributed by atoms with E-state index in [1.54, 1.807) is 57.7 Å². The van der Waals surface area contributed by atoms with Gasteiger partial charge in [-0.05, 0) is 49.2 Å². The molecule has 0 bridgehead atoms. The number of fused-ring (bicyclic) bond motifs is 1. The summed E-state index contributed by atoms with van der Waals surface area (Å²) in [5, 5.41) is 3.22. The molecule has 8 heteroatoms. The third kappa shape index (κ3) is 4.74. The second-order valence-corrected chi connectivity index (χ2v) is 7.89. The summed E-state index contributed by atoms with van der Waals surface area (Å²) < 4.78 is 11.0. The predicted octanol–water partition coefficient (Wildman–Crippen LogP) is 4.57. The van der Waals surface area contributed by atoms with Crippen molar-refractivity contribution < 1.29 is 19.1 Å². The normalized spacial score (nSPS) is 13.5. The Bertz CT molecular complexity index is 1360. The largest absolute Gasteiger partial charge is 0.496 e. The maximum Gasteiger partial charge on any atom is 0.261 e. The molecule has 4 rings (SSSR count). The van der Waals surface area contributed by atoms with Gasteiger partial charge < -0.3 is 14.8 Å². The van der Waals surface area contributed by atoms with Crippen LogP contribution in [0.3, 0.4) is 0 Å². The van der Waals surface area contributed by atoms with Crippen molar-refractivity contribution in [1.29, 1.82) is 0 Å². The standard InChI is InChI=1S/C28H26N4O4/c1-29-23(22-11-7-8-12-25(22)36-4)16-26(30-2)31-19-13-14-24(35-3)18(15-19)17-32-27(33)20-9-5-6-10-21(20)28(32)34/h5-16,31H,2,17H2,1,3-4H3/b26-16+,29-23?. The second-order valence-electron chi connectivity index (χ2n) is 7.89. The highest BCUT2D eigenvalue weighted by molar-refractivity contribution is 6.21. The number of ether oxygens (including phenoxy) is 2. The number of hydrogen-bond acceptors (Lipinski definition) is 7. The Labute approximate surface area is 209 Å². The van der Waals surface area contributed by atoms with E-state index >= 15 is 0 Å². The van der Waals surface area contributed by atoms with E-state index in [9.17, 15) is 9.59 Å². The lowest BCUT2D eigenvalue weighted by molar-refractivity contribution is 0.0641. The Hall–Kier alpha value is -4.72. The molecule has 0 spiro atoms. The molecule has 3 aromatic rings. The number of anilines is 1. The molecule has 0 aliphatic carbocycles. The molecule has 0 aromatic heterocycles. The third-order valence-electron chi connectivity index (χ3n) is 5.83. The van der Waals surface area contributed by atoms with Gasteiger partial charge in [0.25, 0.3) is 11.8 Å². The molecule has 0 saturated heterocycles. The molecule has 1 heterocycles. The number of nitrogens with one attached hydrogen (secondary N) is 1. The first-order valence-corrected chi connectivity index (χ1v) is 11.2. The summed E-state index contributed by atoms with van der Waals surface area (Å²) in [4.78, 5) is 35.4. The lowest BCUT2D eigenvalue weighted by Gasteiger charge is -2.18. The van der Waals surface area contributed by atoms with Gasteiger partial charge in [-0.1, -0.05) is 24.3 Å². The van der Waals surface area contributed by atoms with Crippen molar-refractivity contribution in [2.24, 2.45) is 9.98 Å². The number of aliphatic imine (C=N–C) groups is 2. The summed E-state index contributed by atoms with van der Waals surface area (Å²) in [5.41, 5.74) is 3.61. The van der Waals surface area contributed by atoms with Crippen LogP contribution in [0.2, 0.25) is 0 Å². The summed E-state index contributed by atoms with van der Waals surface area (Å²) in [5.74, 6) is 1.04. The van der Waals surface area contributed by atoms with E-state index in [-0.39, 0.29) is 18.4 Å². The van der Waals surface area contributed by atoms with Gasteiger partial charge in [0.2, 0.25) is 0 Å². The zero-order chi connectivity index (χ0) is 25.7. The number of nitrogens with zero attached hydrogens (tertiary/aromatic N) is 3. The Morgan fingerprint density at radius 3 is 2.19 bits per heavy atom. The molecule has 3 aromatic carbocycles. The third-order valence-corrected chi connectivity index (χ3v) is 5.83.